The molecular formula is C22H25BrN4O3. The number of carbonyl (C=O) groups excluding carboxylic acids is 3. The van der Waals surface area contributed by atoms with E-state index in [0.717, 1.165) is 10.0 Å². The van der Waals surface area contributed by atoms with Gasteiger partial charge in [-0.05, 0) is 56.8 Å². The van der Waals surface area contributed by atoms with Crippen LogP contribution in [0.5, 0.6) is 0 Å². The molecule has 7 nitrogen and oxygen atoms in total. The molecule has 0 unspecified atom stereocenters. The van der Waals surface area contributed by atoms with Gasteiger partial charge < -0.3 is 10.2 Å². The number of anilines is 1. The molecule has 30 heavy (non-hydrogen) atoms. The van der Waals surface area contributed by atoms with Gasteiger partial charge in [0.05, 0.1) is 0 Å². The number of likely N-dealkylation sites (N-methyl/N-ethyl adjacent to an activating group) is 1. The molecule has 0 aromatic heterocycles. The number of carbonyl (C=O) groups is 3. The van der Waals surface area contributed by atoms with Gasteiger partial charge in [-0.25, -0.2) is 4.79 Å². The van der Waals surface area contributed by atoms with E-state index >= 15 is 0 Å². The number of hydrogen-bond donors (Lipinski definition) is 2. The van der Waals surface area contributed by atoms with Crippen molar-refractivity contribution in [1.29, 1.82) is 0 Å². The molecule has 1 aliphatic heterocycles. The molecule has 0 saturated carbocycles. The highest BCUT2D eigenvalue weighted by Gasteiger charge is 2.38. The van der Waals surface area contributed by atoms with Crippen LogP contribution in [0.2, 0.25) is 0 Å². The Labute approximate surface area is 184 Å². The Morgan fingerprint density at radius 2 is 1.73 bits per heavy atom. The van der Waals surface area contributed by atoms with E-state index in [-0.39, 0.29) is 5.91 Å². The van der Waals surface area contributed by atoms with Gasteiger partial charge in [0.15, 0.2) is 0 Å². The first-order valence-electron chi connectivity index (χ1n) is 9.76. The van der Waals surface area contributed by atoms with E-state index in [1.54, 1.807) is 29.2 Å². The predicted molar refractivity (Wildman–Crippen MR) is 119 cm³/mol. The lowest BCUT2D eigenvalue weighted by Crippen LogP contribution is -2.51. The zero-order valence-corrected chi connectivity index (χ0v) is 18.6. The van der Waals surface area contributed by atoms with E-state index in [2.05, 4.69) is 26.6 Å². The Morgan fingerprint density at radius 1 is 1.07 bits per heavy atom. The largest absolute Gasteiger partial charge is 0.329 e. The number of nitrogens with one attached hydrogen (secondary N) is 2. The van der Waals surface area contributed by atoms with Gasteiger partial charge in [0, 0.05) is 16.7 Å². The van der Waals surface area contributed by atoms with Gasteiger partial charge in [-0.3, -0.25) is 19.8 Å². The van der Waals surface area contributed by atoms with Crippen LogP contribution in [-0.4, -0.2) is 54.3 Å². The monoisotopic (exact) mass is 472 g/mol. The minimum atomic E-state index is -0.667. The Bertz CT molecular complexity index is 902. The fraction of sp³-hybridized carbons (Fsp3) is 0.318. The third-order valence-electron chi connectivity index (χ3n) is 5.04. The topological polar surface area (TPSA) is 81.8 Å². The number of rotatable bonds is 5. The minimum Gasteiger partial charge on any atom is -0.329 e. The molecule has 158 valence electrons. The van der Waals surface area contributed by atoms with Gasteiger partial charge >= 0.3 is 6.03 Å². The van der Waals surface area contributed by atoms with Gasteiger partial charge in [0.25, 0.3) is 5.91 Å². The van der Waals surface area contributed by atoms with E-state index < -0.39 is 24.0 Å². The summed E-state index contributed by atoms with van der Waals surface area (Å²) in [6.45, 7) is 0.489. The summed E-state index contributed by atoms with van der Waals surface area (Å²) in [7, 11) is 3.68. The summed E-state index contributed by atoms with van der Waals surface area (Å²) >= 11 is 3.33. The maximum absolute atomic E-state index is 13.3. The van der Waals surface area contributed by atoms with Crippen molar-refractivity contribution in [2.75, 3.05) is 26.0 Å². The van der Waals surface area contributed by atoms with Crippen LogP contribution in [0.15, 0.2) is 59.1 Å². The number of amides is 4. The maximum Gasteiger partial charge on any atom is 0.325 e. The Kier molecular flexibility index (Phi) is 7.23. The summed E-state index contributed by atoms with van der Waals surface area (Å²) < 4.78 is 0.888. The number of likely N-dealkylation sites (tertiary alicyclic amines) is 1. The molecule has 0 radical (unpaired) electrons. The van der Waals surface area contributed by atoms with E-state index in [4.69, 9.17) is 0 Å². The first-order chi connectivity index (χ1) is 14.4. The molecular weight excluding hydrogens is 448 g/mol. The van der Waals surface area contributed by atoms with Gasteiger partial charge in [-0.15, -0.1) is 0 Å². The summed E-state index contributed by atoms with van der Waals surface area (Å²) in [4.78, 5) is 41.7. The third-order valence-corrected chi connectivity index (χ3v) is 5.57. The maximum atomic E-state index is 13.3. The Balaban J connectivity index is 1.67. The van der Waals surface area contributed by atoms with Crippen LogP contribution < -0.4 is 10.6 Å². The van der Waals surface area contributed by atoms with Gasteiger partial charge in [-0.1, -0.05) is 46.3 Å². The molecule has 3 rings (SSSR count). The molecule has 4 amide bonds. The van der Waals surface area contributed by atoms with Crippen molar-refractivity contribution in [2.45, 2.75) is 24.9 Å². The van der Waals surface area contributed by atoms with E-state index in [0.29, 0.717) is 25.1 Å². The second-order valence-electron chi connectivity index (χ2n) is 7.42. The quantitative estimate of drug-likeness (QED) is 0.698. The fourth-order valence-electron chi connectivity index (χ4n) is 3.65. The Morgan fingerprint density at radius 3 is 2.37 bits per heavy atom. The highest BCUT2D eigenvalue weighted by molar-refractivity contribution is 9.10. The fourth-order valence-corrected chi connectivity index (χ4v) is 3.91. The molecule has 2 aromatic rings. The van der Waals surface area contributed by atoms with Gasteiger partial charge in [0.2, 0.25) is 5.91 Å². The second-order valence-corrected chi connectivity index (χ2v) is 8.33. The van der Waals surface area contributed by atoms with Crippen molar-refractivity contribution >= 4 is 39.5 Å². The summed E-state index contributed by atoms with van der Waals surface area (Å²) in [6.07, 6.45) is 1.24. The lowest BCUT2D eigenvalue weighted by Gasteiger charge is -2.31. The van der Waals surface area contributed by atoms with Crippen LogP contribution in [0.1, 0.15) is 24.4 Å². The van der Waals surface area contributed by atoms with Crippen LogP contribution in [0.3, 0.4) is 0 Å². The number of nitrogens with zero attached hydrogens (tertiary/aromatic N) is 2. The Hall–Kier alpha value is -2.71. The third kappa shape index (κ3) is 5.25. The lowest BCUT2D eigenvalue weighted by atomic mass is 10.0. The standard InChI is InChI=1S/C22H25BrN4O3/c1-26(2)19(15-7-4-3-5-8-15)21(29)27-14-6-9-18(27)20(28)25-22(30)24-17-12-10-16(23)11-13-17/h3-5,7-8,10-13,18-19H,6,9,14H2,1-2H3,(H2,24,25,28,30)/t18-,19+/m0/s1. The zero-order valence-electron chi connectivity index (χ0n) is 17.0. The molecule has 0 spiro atoms. The van der Waals surface area contributed by atoms with Crippen molar-refractivity contribution < 1.29 is 14.4 Å². The van der Waals surface area contributed by atoms with Gasteiger partial charge in [-0.2, -0.15) is 0 Å². The van der Waals surface area contributed by atoms with Gasteiger partial charge in [0.1, 0.15) is 12.1 Å². The molecule has 1 heterocycles. The molecule has 8 heteroatoms. The van der Waals surface area contributed by atoms with Crippen LogP contribution in [0.4, 0.5) is 10.5 Å². The van der Waals surface area contributed by atoms with Crippen LogP contribution in [0, 0.1) is 0 Å². The normalized spacial score (nSPS) is 16.9. The summed E-state index contributed by atoms with van der Waals surface area (Å²) in [6, 6.07) is 14.7. The van der Waals surface area contributed by atoms with Crippen molar-refractivity contribution in [3.8, 4) is 0 Å². The first-order valence-corrected chi connectivity index (χ1v) is 10.6. The number of hydrogen-bond acceptors (Lipinski definition) is 4. The summed E-state index contributed by atoms with van der Waals surface area (Å²) in [5, 5.41) is 5.00. The molecule has 0 aliphatic carbocycles. The lowest BCUT2D eigenvalue weighted by molar-refractivity contribution is -0.141. The highest BCUT2D eigenvalue weighted by atomic mass is 79.9. The van der Waals surface area contributed by atoms with Crippen molar-refractivity contribution in [1.82, 2.24) is 15.1 Å². The van der Waals surface area contributed by atoms with Crippen molar-refractivity contribution in [3.05, 3.63) is 64.6 Å². The summed E-state index contributed by atoms with van der Waals surface area (Å²) in [5.74, 6) is -0.613. The van der Waals surface area contributed by atoms with Crippen molar-refractivity contribution in [3.63, 3.8) is 0 Å². The number of benzene rings is 2. The van der Waals surface area contributed by atoms with Crippen molar-refractivity contribution in [2.24, 2.45) is 0 Å². The summed E-state index contributed by atoms with van der Waals surface area (Å²) in [5.41, 5.74) is 1.44. The molecule has 2 aromatic carbocycles. The highest BCUT2D eigenvalue weighted by Crippen LogP contribution is 2.26. The average Bonchev–Trinajstić information content (AvgIpc) is 3.20. The molecule has 1 saturated heterocycles. The molecule has 2 atom stereocenters. The minimum absolute atomic E-state index is 0.142. The van der Waals surface area contributed by atoms with Crippen LogP contribution >= 0.6 is 15.9 Å². The zero-order chi connectivity index (χ0) is 21.7. The molecule has 0 bridgehead atoms. The number of imide groups is 1. The molecule has 2 N–H and O–H groups in total. The average molecular weight is 473 g/mol. The first kappa shape index (κ1) is 22.0. The predicted octanol–water partition coefficient (Wildman–Crippen LogP) is 3.39. The second kappa shape index (κ2) is 9.86. The van der Waals surface area contributed by atoms with E-state index in [1.165, 1.54) is 0 Å². The van der Waals surface area contributed by atoms with E-state index in [1.807, 2.05) is 49.3 Å². The van der Waals surface area contributed by atoms with E-state index in [9.17, 15) is 14.4 Å². The smallest absolute Gasteiger partial charge is 0.325 e. The number of urea groups is 1. The molecule has 1 aliphatic rings. The van der Waals surface area contributed by atoms with Crippen LogP contribution in [-0.2, 0) is 9.59 Å². The van der Waals surface area contributed by atoms with Crippen LogP contribution in [0.25, 0.3) is 0 Å². The number of halogens is 1. The molecule has 1 fully saturated rings. The SMILES string of the molecule is CN(C)[C@@H](C(=O)N1CCC[C@H]1C(=O)NC(=O)Nc1ccc(Br)cc1)c1ccccc1.